The summed E-state index contributed by atoms with van der Waals surface area (Å²) in [7, 11) is 0. The molecular weight excluding hydrogens is 240 g/mol. The molecule has 2 rings (SSSR count). The molecule has 1 saturated heterocycles. The molecule has 1 aliphatic heterocycles. The normalized spacial score (nSPS) is 17.0. The van der Waals surface area contributed by atoms with Crippen molar-refractivity contribution in [3.05, 3.63) is 16.1 Å². The van der Waals surface area contributed by atoms with Crippen molar-refractivity contribution >= 4 is 17.2 Å². The highest BCUT2D eigenvalue weighted by molar-refractivity contribution is 7.09. The number of carbonyl (C=O) groups excluding carboxylic acids is 1. The molecule has 3 N–H and O–H groups in total. The molecule has 7 heteroatoms. The van der Waals surface area contributed by atoms with Crippen LogP contribution in [0.3, 0.4) is 0 Å². The van der Waals surface area contributed by atoms with Crippen LogP contribution < -0.4 is 11.3 Å². The number of aromatic nitrogens is 1. The fraction of sp³-hybridized carbons (Fsp3) is 0.600. The molecule has 1 aromatic rings. The minimum absolute atomic E-state index is 0.334. The van der Waals surface area contributed by atoms with Gasteiger partial charge < -0.3 is 4.74 Å². The molecule has 1 fully saturated rings. The number of rotatable bonds is 4. The molecule has 0 unspecified atom stereocenters. The van der Waals surface area contributed by atoms with Gasteiger partial charge in [-0.1, -0.05) is 0 Å². The topological polar surface area (TPSA) is 80.5 Å². The lowest BCUT2D eigenvalue weighted by molar-refractivity contribution is 0.0384. The summed E-state index contributed by atoms with van der Waals surface area (Å²) < 4.78 is 5.28. The SMILES string of the molecule is NNC(=O)c1csc(CCN2CCOCC2)n1. The summed E-state index contributed by atoms with van der Waals surface area (Å²) in [5.41, 5.74) is 2.48. The maximum absolute atomic E-state index is 11.2. The standard InChI is InChI=1S/C10H16N4O2S/c11-13-10(15)8-7-17-9(12-8)1-2-14-3-5-16-6-4-14/h7H,1-6,11H2,(H,13,15). The second-order valence-electron chi connectivity index (χ2n) is 3.80. The third-order valence-corrected chi connectivity index (χ3v) is 3.57. The predicted molar refractivity (Wildman–Crippen MR) is 64.7 cm³/mol. The van der Waals surface area contributed by atoms with Crippen molar-refractivity contribution in [2.75, 3.05) is 32.8 Å². The molecule has 1 aromatic heterocycles. The minimum Gasteiger partial charge on any atom is -0.379 e. The average Bonchev–Trinajstić information content (AvgIpc) is 2.85. The van der Waals surface area contributed by atoms with Gasteiger partial charge in [0.1, 0.15) is 5.69 Å². The van der Waals surface area contributed by atoms with E-state index in [0.29, 0.717) is 5.69 Å². The highest BCUT2D eigenvalue weighted by Crippen LogP contribution is 2.11. The maximum atomic E-state index is 11.2. The number of hydrogen-bond donors (Lipinski definition) is 2. The molecule has 0 bridgehead atoms. The first-order valence-corrected chi connectivity index (χ1v) is 6.43. The first-order valence-electron chi connectivity index (χ1n) is 5.55. The van der Waals surface area contributed by atoms with Gasteiger partial charge in [0.15, 0.2) is 0 Å². The van der Waals surface area contributed by atoms with Gasteiger partial charge in [-0.25, -0.2) is 10.8 Å². The lowest BCUT2D eigenvalue weighted by Gasteiger charge is -2.25. The van der Waals surface area contributed by atoms with Crippen molar-refractivity contribution in [3.63, 3.8) is 0 Å². The lowest BCUT2D eigenvalue weighted by Crippen LogP contribution is -2.37. The Morgan fingerprint density at radius 1 is 1.59 bits per heavy atom. The van der Waals surface area contributed by atoms with Crippen LogP contribution in [0.15, 0.2) is 5.38 Å². The van der Waals surface area contributed by atoms with Crippen LogP contribution in [0.5, 0.6) is 0 Å². The first kappa shape index (κ1) is 12.4. The predicted octanol–water partition coefficient (Wildman–Crippen LogP) is -0.379. The quantitative estimate of drug-likeness (QED) is 0.436. The van der Waals surface area contributed by atoms with Crippen molar-refractivity contribution in [3.8, 4) is 0 Å². The third kappa shape index (κ3) is 3.47. The van der Waals surface area contributed by atoms with Crippen LogP contribution in [-0.2, 0) is 11.2 Å². The zero-order chi connectivity index (χ0) is 12.1. The van der Waals surface area contributed by atoms with E-state index in [0.717, 1.165) is 44.3 Å². The van der Waals surface area contributed by atoms with Gasteiger partial charge in [-0.3, -0.25) is 15.1 Å². The number of nitrogens with two attached hydrogens (primary N) is 1. The number of hydrazine groups is 1. The molecule has 0 saturated carbocycles. The summed E-state index contributed by atoms with van der Waals surface area (Å²) in [6.07, 6.45) is 0.864. The Morgan fingerprint density at radius 3 is 3.06 bits per heavy atom. The fourth-order valence-corrected chi connectivity index (χ4v) is 2.45. The second-order valence-corrected chi connectivity index (χ2v) is 4.75. The number of nitrogen functional groups attached to an aromatic ring is 1. The molecule has 0 aliphatic carbocycles. The zero-order valence-electron chi connectivity index (χ0n) is 9.52. The molecular formula is C10H16N4O2S. The van der Waals surface area contributed by atoms with E-state index in [1.807, 2.05) is 0 Å². The third-order valence-electron chi connectivity index (χ3n) is 2.66. The number of nitrogens with one attached hydrogen (secondary N) is 1. The molecule has 6 nitrogen and oxygen atoms in total. The Kier molecular flexibility index (Phi) is 4.43. The average molecular weight is 256 g/mol. The van der Waals surface area contributed by atoms with Gasteiger partial charge in [0.25, 0.3) is 5.91 Å². The van der Waals surface area contributed by atoms with E-state index in [2.05, 4.69) is 15.3 Å². The van der Waals surface area contributed by atoms with Gasteiger partial charge in [-0.2, -0.15) is 0 Å². The van der Waals surface area contributed by atoms with Crippen molar-refractivity contribution in [1.82, 2.24) is 15.3 Å². The summed E-state index contributed by atoms with van der Waals surface area (Å²) >= 11 is 1.50. The van der Waals surface area contributed by atoms with Crippen LogP contribution in [0, 0.1) is 0 Å². The van der Waals surface area contributed by atoms with E-state index >= 15 is 0 Å². The Labute approximate surface area is 104 Å². The molecule has 0 aromatic carbocycles. The number of ether oxygens (including phenoxy) is 1. The van der Waals surface area contributed by atoms with Gasteiger partial charge in [0.2, 0.25) is 0 Å². The highest BCUT2D eigenvalue weighted by atomic mass is 32.1. The zero-order valence-corrected chi connectivity index (χ0v) is 10.3. The minimum atomic E-state index is -0.334. The van der Waals surface area contributed by atoms with Crippen molar-refractivity contribution in [1.29, 1.82) is 0 Å². The number of carbonyl (C=O) groups is 1. The molecule has 0 atom stereocenters. The van der Waals surface area contributed by atoms with Crippen LogP contribution in [0.4, 0.5) is 0 Å². The molecule has 0 radical (unpaired) electrons. The van der Waals surface area contributed by atoms with Crippen LogP contribution in [0.1, 0.15) is 15.5 Å². The van der Waals surface area contributed by atoms with E-state index in [1.165, 1.54) is 11.3 Å². The van der Waals surface area contributed by atoms with Gasteiger partial charge >= 0.3 is 0 Å². The molecule has 1 aliphatic rings. The number of morpholine rings is 1. The summed E-state index contributed by atoms with van der Waals surface area (Å²) in [6, 6.07) is 0. The number of nitrogens with zero attached hydrogens (tertiary/aromatic N) is 2. The summed E-state index contributed by atoms with van der Waals surface area (Å²) in [4.78, 5) is 17.8. The van der Waals surface area contributed by atoms with Crippen molar-refractivity contribution in [2.24, 2.45) is 5.84 Å². The Bertz CT molecular complexity index is 376. The first-order chi connectivity index (χ1) is 8.29. The van der Waals surface area contributed by atoms with E-state index in [-0.39, 0.29) is 5.91 Å². The van der Waals surface area contributed by atoms with Crippen LogP contribution in [-0.4, -0.2) is 48.6 Å². The van der Waals surface area contributed by atoms with E-state index in [9.17, 15) is 4.79 Å². The molecule has 1 amide bonds. The van der Waals surface area contributed by atoms with Crippen LogP contribution >= 0.6 is 11.3 Å². The van der Waals surface area contributed by atoms with Gasteiger partial charge in [-0.15, -0.1) is 11.3 Å². The van der Waals surface area contributed by atoms with Crippen molar-refractivity contribution in [2.45, 2.75) is 6.42 Å². The number of amides is 1. The molecule has 94 valence electrons. The lowest BCUT2D eigenvalue weighted by atomic mass is 10.3. The monoisotopic (exact) mass is 256 g/mol. The highest BCUT2D eigenvalue weighted by Gasteiger charge is 2.12. The van der Waals surface area contributed by atoms with E-state index in [1.54, 1.807) is 5.38 Å². The van der Waals surface area contributed by atoms with Gasteiger partial charge in [0, 0.05) is 31.4 Å². The molecule has 2 heterocycles. The van der Waals surface area contributed by atoms with Crippen LogP contribution in [0.2, 0.25) is 0 Å². The number of hydrogen-bond acceptors (Lipinski definition) is 6. The van der Waals surface area contributed by atoms with E-state index < -0.39 is 0 Å². The van der Waals surface area contributed by atoms with Gasteiger partial charge in [-0.05, 0) is 0 Å². The summed E-state index contributed by atoms with van der Waals surface area (Å²) in [6.45, 7) is 4.51. The second kappa shape index (κ2) is 6.06. The van der Waals surface area contributed by atoms with Crippen LogP contribution in [0.25, 0.3) is 0 Å². The fourth-order valence-electron chi connectivity index (χ4n) is 1.68. The largest absolute Gasteiger partial charge is 0.379 e. The van der Waals surface area contributed by atoms with Crippen molar-refractivity contribution < 1.29 is 9.53 Å². The number of thiazole rings is 1. The summed E-state index contributed by atoms with van der Waals surface area (Å²) in [5.74, 6) is 4.71. The Hall–Kier alpha value is -1.02. The smallest absolute Gasteiger partial charge is 0.284 e. The molecule has 17 heavy (non-hydrogen) atoms. The van der Waals surface area contributed by atoms with Gasteiger partial charge in [0.05, 0.1) is 18.2 Å². The Morgan fingerprint density at radius 2 is 2.35 bits per heavy atom. The summed E-state index contributed by atoms with van der Waals surface area (Å²) in [5, 5.41) is 2.70. The molecule has 0 spiro atoms. The Balaban J connectivity index is 1.82. The maximum Gasteiger partial charge on any atom is 0.284 e. The van der Waals surface area contributed by atoms with E-state index in [4.69, 9.17) is 10.6 Å².